The highest BCUT2D eigenvalue weighted by Gasteiger charge is 2.29. The maximum absolute atomic E-state index is 11.7. The molecule has 0 aliphatic carbocycles. The first kappa shape index (κ1) is 17.2. The number of nitrogens with zero attached hydrogens (tertiary/aromatic N) is 2. The number of carbonyl (C=O) groups excluding carboxylic acids is 1. The smallest absolute Gasteiger partial charge is 0.250 e. The molecule has 0 unspecified atom stereocenters. The lowest BCUT2D eigenvalue weighted by atomic mass is 9.94. The Kier molecular flexibility index (Phi) is 4.60. The molecule has 7 heteroatoms. The van der Waals surface area contributed by atoms with Crippen molar-refractivity contribution in [1.82, 2.24) is 15.3 Å². The van der Waals surface area contributed by atoms with E-state index in [1.54, 1.807) is 19.2 Å². The van der Waals surface area contributed by atoms with E-state index < -0.39 is 5.91 Å². The van der Waals surface area contributed by atoms with Gasteiger partial charge in [0.2, 0.25) is 0 Å². The van der Waals surface area contributed by atoms with Crippen LogP contribution < -0.4 is 21.1 Å². The number of ether oxygens (including phenoxy) is 1. The number of hydrogen-bond donors (Lipinski definition) is 3. The number of rotatable bonds is 5. The number of primary amides is 1. The molecule has 0 saturated carbocycles. The number of nitrogens with one attached hydrogen (secondary N) is 2. The first-order valence-electron chi connectivity index (χ1n) is 8.82. The van der Waals surface area contributed by atoms with Crippen LogP contribution in [0.25, 0.3) is 10.9 Å². The normalized spacial score (nSPS) is 19.1. The summed E-state index contributed by atoms with van der Waals surface area (Å²) in [7, 11) is 1.67. The molecule has 0 radical (unpaired) electrons. The summed E-state index contributed by atoms with van der Waals surface area (Å²) in [5.41, 5.74) is 7.64. The third kappa shape index (κ3) is 3.29. The van der Waals surface area contributed by atoms with Crippen LogP contribution in [0.15, 0.2) is 48.8 Å². The van der Waals surface area contributed by atoms with E-state index in [2.05, 4.69) is 32.7 Å². The van der Waals surface area contributed by atoms with Crippen LogP contribution in [0.2, 0.25) is 0 Å². The zero-order chi connectivity index (χ0) is 18.8. The minimum absolute atomic E-state index is 0.146. The highest BCUT2D eigenvalue weighted by molar-refractivity contribution is 6.06. The minimum Gasteiger partial charge on any atom is -0.497 e. The predicted molar refractivity (Wildman–Crippen MR) is 104 cm³/mol. The molecule has 2 atom stereocenters. The van der Waals surface area contributed by atoms with Crippen LogP contribution in [0.5, 0.6) is 5.75 Å². The van der Waals surface area contributed by atoms with Gasteiger partial charge in [0.25, 0.3) is 5.91 Å². The summed E-state index contributed by atoms with van der Waals surface area (Å²) in [4.78, 5) is 20.3. The molecule has 0 spiro atoms. The molecule has 1 aliphatic heterocycles. The van der Waals surface area contributed by atoms with Crippen molar-refractivity contribution >= 4 is 22.6 Å². The Hall–Kier alpha value is -3.19. The highest BCUT2D eigenvalue weighted by Crippen LogP contribution is 2.30. The standard InChI is InChI=1S/C20H21N5O2/c1-27-13-5-2-4-12(8-13)16-9-22-10-17(16)25-20-15-7-3-6-14(19(21)26)18(15)23-11-24-20/h2-8,11,16-17,22H,9-10H2,1H3,(H2,21,26)(H,23,24,25)/t16-,17+/m0/s1. The predicted octanol–water partition coefficient (Wildman–Crippen LogP) is 1.90. The van der Waals surface area contributed by atoms with Crippen LogP contribution in [-0.2, 0) is 0 Å². The van der Waals surface area contributed by atoms with Gasteiger partial charge >= 0.3 is 0 Å². The number of anilines is 1. The quantitative estimate of drug-likeness (QED) is 0.640. The number of amides is 1. The largest absolute Gasteiger partial charge is 0.497 e. The summed E-state index contributed by atoms with van der Waals surface area (Å²) >= 11 is 0. The number of aromatic nitrogens is 2. The Morgan fingerprint density at radius 3 is 2.89 bits per heavy atom. The number of fused-ring (bicyclic) bond motifs is 1. The number of hydrogen-bond acceptors (Lipinski definition) is 6. The van der Waals surface area contributed by atoms with Gasteiger partial charge < -0.3 is 21.1 Å². The second-order valence-electron chi connectivity index (χ2n) is 6.58. The van der Waals surface area contributed by atoms with Gasteiger partial charge in [-0.05, 0) is 29.8 Å². The Bertz CT molecular complexity index is 991. The molecule has 2 heterocycles. The average Bonchev–Trinajstić information content (AvgIpc) is 3.16. The number of carbonyl (C=O) groups is 1. The van der Waals surface area contributed by atoms with Crippen molar-refractivity contribution in [2.75, 3.05) is 25.5 Å². The molecule has 1 amide bonds. The Morgan fingerprint density at radius 1 is 1.22 bits per heavy atom. The van der Waals surface area contributed by atoms with Crippen LogP contribution >= 0.6 is 0 Å². The van der Waals surface area contributed by atoms with Crippen LogP contribution in [-0.4, -0.2) is 42.1 Å². The van der Waals surface area contributed by atoms with Crippen molar-refractivity contribution in [3.8, 4) is 5.75 Å². The maximum Gasteiger partial charge on any atom is 0.250 e. The fourth-order valence-corrected chi connectivity index (χ4v) is 3.63. The van der Waals surface area contributed by atoms with Gasteiger partial charge in [-0.15, -0.1) is 0 Å². The second-order valence-corrected chi connectivity index (χ2v) is 6.58. The van der Waals surface area contributed by atoms with Gasteiger partial charge in [-0.3, -0.25) is 4.79 Å². The van der Waals surface area contributed by atoms with E-state index in [0.717, 1.165) is 24.2 Å². The van der Waals surface area contributed by atoms with Gasteiger partial charge in [-0.25, -0.2) is 9.97 Å². The topological polar surface area (TPSA) is 102 Å². The summed E-state index contributed by atoms with van der Waals surface area (Å²) in [5, 5.41) is 7.75. The lowest BCUT2D eigenvalue weighted by Crippen LogP contribution is -2.27. The first-order valence-corrected chi connectivity index (χ1v) is 8.82. The van der Waals surface area contributed by atoms with Crippen molar-refractivity contribution in [2.24, 2.45) is 5.73 Å². The molecular weight excluding hydrogens is 342 g/mol. The van der Waals surface area contributed by atoms with E-state index >= 15 is 0 Å². The summed E-state index contributed by atoms with van der Waals surface area (Å²) in [6.45, 7) is 1.67. The van der Waals surface area contributed by atoms with Gasteiger partial charge in [0.05, 0.1) is 18.2 Å². The van der Waals surface area contributed by atoms with E-state index in [1.165, 1.54) is 11.9 Å². The molecule has 1 saturated heterocycles. The molecule has 0 bridgehead atoms. The highest BCUT2D eigenvalue weighted by atomic mass is 16.5. The monoisotopic (exact) mass is 363 g/mol. The first-order chi connectivity index (χ1) is 13.2. The fourth-order valence-electron chi connectivity index (χ4n) is 3.63. The van der Waals surface area contributed by atoms with Crippen molar-refractivity contribution < 1.29 is 9.53 Å². The molecule has 1 aromatic heterocycles. The van der Waals surface area contributed by atoms with Gasteiger partial charge in [0.1, 0.15) is 17.9 Å². The van der Waals surface area contributed by atoms with Crippen LogP contribution in [0.1, 0.15) is 21.8 Å². The Labute approximate surface area is 157 Å². The zero-order valence-corrected chi connectivity index (χ0v) is 15.0. The van der Waals surface area contributed by atoms with Gasteiger partial charge in [-0.2, -0.15) is 0 Å². The molecule has 1 aliphatic rings. The molecule has 4 N–H and O–H groups in total. The molecule has 3 aromatic rings. The number of benzene rings is 2. The van der Waals surface area contributed by atoms with Crippen LogP contribution in [0, 0.1) is 0 Å². The second kappa shape index (κ2) is 7.20. The van der Waals surface area contributed by atoms with Gasteiger partial charge in [0.15, 0.2) is 0 Å². The van der Waals surface area contributed by atoms with E-state index in [9.17, 15) is 4.79 Å². The Balaban J connectivity index is 1.67. The van der Waals surface area contributed by atoms with Crippen LogP contribution in [0.3, 0.4) is 0 Å². The third-order valence-electron chi connectivity index (χ3n) is 4.99. The van der Waals surface area contributed by atoms with E-state index in [1.807, 2.05) is 18.2 Å². The minimum atomic E-state index is -0.498. The average molecular weight is 363 g/mol. The maximum atomic E-state index is 11.7. The van der Waals surface area contributed by atoms with Crippen molar-refractivity contribution in [2.45, 2.75) is 12.0 Å². The third-order valence-corrected chi connectivity index (χ3v) is 4.99. The lowest BCUT2D eigenvalue weighted by Gasteiger charge is -2.22. The number of para-hydroxylation sites is 1. The molecule has 138 valence electrons. The Morgan fingerprint density at radius 2 is 2.07 bits per heavy atom. The molecular formula is C20H21N5O2. The molecule has 2 aromatic carbocycles. The van der Waals surface area contributed by atoms with Crippen molar-refractivity contribution in [3.05, 3.63) is 59.9 Å². The van der Waals surface area contributed by atoms with Gasteiger partial charge in [0, 0.05) is 30.4 Å². The van der Waals surface area contributed by atoms with E-state index in [0.29, 0.717) is 16.9 Å². The summed E-state index contributed by atoms with van der Waals surface area (Å²) < 4.78 is 5.36. The summed E-state index contributed by atoms with van der Waals surface area (Å²) in [6.07, 6.45) is 1.46. The molecule has 7 nitrogen and oxygen atoms in total. The fraction of sp³-hybridized carbons (Fsp3) is 0.250. The summed E-state index contributed by atoms with van der Waals surface area (Å²) in [6, 6.07) is 13.6. The zero-order valence-electron chi connectivity index (χ0n) is 15.0. The van der Waals surface area contributed by atoms with Crippen LogP contribution in [0.4, 0.5) is 5.82 Å². The lowest BCUT2D eigenvalue weighted by molar-refractivity contribution is 0.100. The summed E-state index contributed by atoms with van der Waals surface area (Å²) in [5.74, 6) is 1.31. The molecule has 4 rings (SSSR count). The van der Waals surface area contributed by atoms with Crippen molar-refractivity contribution in [1.29, 1.82) is 0 Å². The SMILES string of the molecule is COc1cccc([C@@H]2CNC[C@H]2Nc2ncnc3c(C(N)=O)cccc23)c1. The van der Waals surface area contributed by atoms with Gasteiger partial charge in [-0.1, -0.05) is 18.2 Å². The van der Waals surface area contributed by atoms with E-state index in [4.69, 9.17) is 10.5 Å². The van der Waals surface area contributed by atoms with Crippen molar-refractivity contribution in [3.63, 3.8) is 0 Å². The van der Waals surface area contributed by atoms with E-state index in [-0.39, 0.29) is 12.0 Å². The molecule has 1 fully saturated rings. The number of nitrogens with two attached hydrogens (primary N) is 1. The number of methoxy groups -OCH3 is 1. The molecule has 27 heavy (non-hydrogen) atoms.